The Hall–Kier alpha value is -4.51. The number of aromatic hydroxyl groups is 1. The van der Waals surface area contributed by atoms with Crippen LogP contribution in [0.3, 0.4) is 0 Å². The van der Waals surface area contributed by atoms with Gasteiger partial charge in [0.25, 0.3) is 0 Å². The minimum absolute atomic E-state index is 0.0492. The number of phenols is 1. The van der Waals surface area contributed by atoms with E-state index in [4.69, 9.17) is 0 Å². The van der Waals surface area contributed by atoms with Gasteiger partial charge < -0.3 is 20.2 Å². The molecule has 216 valence electrons. The zero-order chi connectivity index (χ0) is 29.5. The molecule has 0 saturated carbocycles. The van der Waals surface area contributed by atoms with Crippen LogP contribution in [0.1, 0.15) is 23.6 Å². The molecule has 2 unspecified atom stereocenters. The fraction of sp³-hybridized carbons (Fsp3) is 0.300. The first kappa shape index (κ1) is 29.5. The summed E-state index contributed by atoms with van der Waals surface area (Å²) in [4.78, 5) is 42.7. The van der Waals surface area contributed by atoms with Crippen LogP contribution < -0.4 is 5.32 Å². The summed E-state index contributed by atoms with van der Waals surface area (Å²) in [6, 6.07) is 17.2. The standard InChI is InChI=1S/C30H33F2N5O4/c1-3-34(2)37(30(41)33-17-22-7-5-4-6-8-22)28-19-35(18-23-11-12-24(31)16-26(23)32)29(40)27(36(28)20-38)15-21-9-13-25(39)14-10-21/h4-14,16,20,27-28,39H,3,15,17-19H2,1-2H3,(H,33,41). The van der Waals surface area contributed by atoms with Crippen LogP contribution in [0.2, 0.25) is 0 Å². The average molecular weight is 566 g/mol. The SMILES string of the molecule is CCN(C)N(C(=O)NCc1ccccc1)C1CN(Cc2ccc(F)cc2F)C(=O)C(Cc2ccc(O)cc2)N1C=O. The van der Waals surface area contributed by atoms with Crippen molar-refractivity contribution in [3.63, 3.8) is 0 Å². The molecule has 9 nitrogen and oxygen atoms in total. The largest absolute Gasteiger partial charge is 0.508 e. The zero-order valence-corrected chi connectivity index (χ0v) is 22.9. The minimum Gasteiger partial charge on any atom is -0.508 e. The summed E-state index contributed by atoms with van der Waals surface area (Å²) in [5.41, 5.74) is 1.65. The molecule has 4 rings (SSSR count). The van der Waals surface area contributed by atoms with E-state index in [-0.39, 0.29) is 37.4 Å². The third-order valence-corrected chi connectivity index (χ3v) is 7.15. The summed E-state index contributed by atoms with van der Waals surface area (Å²) in [6.07, 6.45) is -0.298. The Morgan fingerprint density at radius 3 is 2.41 bits per heavy atom. The lowest BCUT2D eigenvalue weighted by molar-refractivity contribution is -0.165. The first-order chi connectivity index (χ1) is 19.7. The molecule has 1 fully saturated rings. The molecular formula is C30H33F2N5O4. The summed E-state index contributed by atoms with van der Waals surface area (Å²) >= 11 is 0. The number of nitrogens with one attached hydrogen (secondary N) is 1. The second kappa shape index (κ2) is 13.2. The molecule has 0 aliphatic carbocycles. The summed E-state index contributed by atoms with van der Waals surface area (Å²) in [7, 11) is 1.69. The van der Waals surface area contributed by atoms with E-state index in [1.807, 2.05) is 37.3 Å². The van der Waals surface area contributed by atoms with Crippen LogP contribution in [-0.2, 0) is 29.1 Å². The van der Waals surface area contributed by atoms with Crippen LogP contribution in [0.15, 0.2) is 72.8 Å². The number of nitrogens with zero attached hydrogens (tertiary/aromatic N) is 4. The highest BCUT2D eigenvalue weighted by Gasteiger charge is 2.45. The van der Waals surface area contributed by atoms with Gasteiger partial charge in [-0.2, -0.15) is 0 Å². The van der Waals surface area contributed by atoms with E-state index in [0.29, 0.717) is 18.5 Å². The summed E-state index contributed by atoms with van der Waals surface area (Å²) in [5, 5.41) is 15.6. The van der Waals surface area contributed by atoms with Gasteiger partial charge in [0, 0.05) is 44.7 Å². The highest BCUT2D eigenvalue weighted by Crippen LogP contribution is 2.26. The van der Waals surface area contributed by atoms with Crippen LogP contribution in [0, 0.1) is 11.6 Å². The molecule has 1 heterocycles. The highest BCUT2D eigenvalue weighted by atomic mass is 19.1. The Morgan fingerprint density at radius 1 is 1.07 bits per heavy atom. The van der Waals surface area contributed by atoms with Crippen molar-refractivity contribution < 1.29 is 28.3 Å². The van der Waals surface area contributed by atoms with Crippen molar-refractivity contribution in [1.82, 2.24) is 25.1 Å². The van der Waals surface area contributed by atoms with E-state index in [1.165, 1.54) is 33.0 Å². The van der Waals surface area contributed by atoms with Crippen molar-refractivity contribution in [3.8, 4) is 5.75 Å². The van der Waals surface area contributed by atoms with E-state index in [9.17, 15) is 28.3 Å². The molecule has 41 heavy (non-hydrogen) atoms. The normalized spacial score (nSPS) is 17.0. The Labute approximate surface area is 237 Å². The van der Waals surface area contributed by atoms with Gasteiger partial charge in [0.05, 0.1) is 6.54 Å². The number of phenolic OH excluding ortho intramolecular Hbond substituents is 1. The smallest absolute Gasteiger partial charge is 0.334 e. The van der Waals surface area contributed by atoms with E-state index < -0.39 is 35.8 Å². The van der Waals surface area contributed by atoms with Crippen LogP contribution >= 0.6 is 0 Å². The van der Waals surface area contributed by atoms with Crippen LogP contribution in [0.25, 0.3) is 0 Å². The predicted octanol–water partition coefficient (Wildman–Crippen LogP) is 3.49. The lowest BCUT2D eigenvalue weighted by Crippen LogP contribution is -2.70. The summed E-state index contributed by atoms with van der Waals surface area (Å²) in [5.74, 6) is -1.94. The van der Waals surface area contributed by atoms with Gasteiger partial charge in [-0.15, -0.1) is 0 Å². The van der Waals surface area contributed by atoms with Crippen LogP contribution in [0.4, 0.5) is 13.6 Å². The fourth-order valence-electron chi connectivity index (χ4n) is 4.85. The number of carbonyl (C=O) groups excluding carboxylic acids is 3. The molecule has 2 atom stereocenters. The van der Waals surface area contributed by atoms with Crippen molar-refractivity contribution in [2.45, 2.75) is 38.6 Å². The molecule has 1 aliphatic heterocycles. The third-order valence-electron chi connectivity index (χ3n) is 7.15. The molecule has 2 N–H and O–H groups in total. The van der Waals surface area contributed by atoms with Gasteiger partial charge in [0.15, 0.2) is 0 Å². The number of halogens is 2. The Balaban J connectivity index is 1.69. The predicted molar refractivity (Wildman–Crippen MR) is 148 cm³/mol. The maximum absolute atomic E-state index is 14.6. The van der Waals surface area contributed by atoms with Crippen molar-refractivity contribution in [2.24, 2.45) is 0 Å². The number of piperazine rings is 1. The number of hydrogen-bond donors (Lipinski definition) is 2. The van der Waals surface area contributed by atoms with Gasteiger partial charge in [-0.3, -0.25) is 9.59 Å². The Morgan fingerprint density at radius 2 is 1.78 bits per heavy atom. The van der Waals surface area contributed by atoms with Crippen molar-refractivity contribution in [2.75, 3.05) is 20.1 Å². The summed E-state index contributed by atoms with van der Waals surface area (Å²) < 4.78 is 28.2. The number of rotatable bonds is 10. The first-order valence-corrected chi connectivity index (χ1v) is 13.3. The average Bonchev–Trinajstić information content (AvgIpc) is 2.97. The lowest BCUT2D eigenvalue weighted by Gasteiger charge is -2.50. The molecule has 3 aromatic rings. The van der Waals surface area contributed by atoms with Gasteiger partial charge in [-0.1, -0.05) is 55.5 Å². The Bertz CT molecular complexity index is 1360. The maximum atomic E-state index is 14.6. The van der Waals surface area contributed by atoms with Crippen molar-refractivity contribution >= 4 is 18.3 Å². The van der Waals surface area contributed by atoms with Gasteiger partial charge in [0.1, 0.15) is 29.6 Å². The first-order valence-electron chi connectivity index (χ1n) is 13.3. The second-order valence-electron chi connectivity index (χ2n) is 9.84. The van der Waals surface area contributed by atoms with Crippen LogP contribution in [-0.4, -0.2) is 75.6 Å². The maximum Gasteiger partial charge on any atom is 0.334 e. The van der Waals surface area contributed by atoms with Gasteiger partial charge >= 0.3 is 6.03 Å². The fourth-order valence-corrected chi connectivity index (χ4v) is 4.85. The number of urea groups is 1. The zero-order valence-electron chi connectivity index (χ0n) is 22.9. The number of hydrogen-bond acceptors (Lipinski definition) is 5. The van der Waals surface area contributed by atoms with E-state index >= 15 is 0 Å². The van der Waals surface area contributed by atoms with E-state index in [2.05, 4.69) is 5.32 Å². The van der Waals surface area contributed by atoms with Gasteiger partial charge in [-0.05, 0) is 29.3 Å². The number of carbonyl (C=O) groups is 3. The molecule has 4 amide bonds. The number of benzene rings is 3. The second-order valence-corrected chi connectivity index (χ2v) is 9.84. The Kier molecular flexibility index (Phi) is 9.51. The van der Waals surface area contributed by atoms with E-state index in [0.717, 1.165) is 17.7 Å². The van der Waals surface area contributed by atoms with Crippen molar-refractivity contribution in [3.05, 3.63) is 101 Å². The quantitative estimate of drug-likeness (QED) is 0.290. The van der Waals surface area contributed by atoms with Gasteiger partial charge in [-0.25, -0.2) is 23.6 Å². The molecule has 0 spiro atoms. The molecule has 0 radical (unpaired) electrons. The van der Waals surface area contributed by atoms with Crippen molar-refractivity contribution in [1.29, 1.82) is 0 Å². The molecule has 1 aliphatic rings. The summed E-state index contributed by atoms with van der Waals surface area (Å²) in [6.45, 7) is 2.20. The van der Waals surface area contributed by atoms with Crippen LogP contribution in [0.5, 0.6) is 5.75 Å². The molecule has 0 bridgehead atoms. The van der Waals surface area contributed by atoms with Gasteiger partial charge in [0.2, 0.25) is 12.3 Å². The topological polar surface area (TPSA) is 96.4 Å². The third kappa shape index (κ3) is 6.98. The lowest BCUT2D eigenvalue weighted by atomic mass is 9.99. The number of hydrazine groups is 1. The minimum atomic E-state index is -1.03. The molecular weight excluding hydrogens is 532 g/mol. The molecule has 1 saturated heterocycles. The highest BCUT2D eigenvalue weighted by molar-refractivity contribution is 5.86. The monoisotopic (exact) mass is 565 g/mol. The molecule has 11 heteroatoms. The molecule has 3 aromatic carbocycles. The number of amides is 4. The van der Waals surface area contributed by atoms with E-state index in [1.54, 1.807) is 24.2 Å². The molecule has 0 aromatic heterocycles.